The number of hydrogen-bond donors (Lipinski definition) is 1. The van der Waals surface area contributed by atoms with Gasteiger partial charge in [-0.1, -0.05) is 0 Å². The molecule has 0 bridgehead atoms. The molecule has 3 aliphatic rings. The molecule has 0 radical (unpaired) electrons. The fraction of sp³-hybridized carbons (Fsp3) is 1.00. The lowest BCUT2D eigenvalue weighted by molar-refractivity contribution is 0.310. The molecule has 3 rings (SSSR count). The molecule has 3 fully saturated rings. The van der Waals surface area contributed by atoms with Gasteiger partial charge in [0.15, 0.2) is 0 Å². The largest absolute Gasteiger partial charge is 0.302 e. The van der Waals surface area contributed by atoms with Crippen molar-refractivity contribution < 1.29 is 0 Å². The molecule has 2 saturated heterocycles. The molecular weight excluding hydrogens is 180 g/mol. The molecule has 0 aromatic carbocycles. The summed E-state index contributed by atoms with van der Waals surface area (Å²) in [7, 11) is 0. The summed E-state index contributed by atoms with van der Waals surface area (Å²) in [5.41, 5.74) is 0. The van der Waals surface area contributed by atoms with Crippen LogP contribution in [0.15, 0.2) is 0 Å². The Labute approximate surface area is 84.4 Å². The Kier molecular flexibility index (Phi) is 2.07. The quantitative estimate of drug-likeness (QED) is 0.683. The SMILES string of the molecule is C1CNC2(CCN(C3CC3)C2)SC1. The lowest BCUT2D eigenvalue weighted by Gasteiger charge is -2.34. The zero-order valence-electron chi connectivity index (χ0n) is 8.09. The Morgan fingerprint density at radius 1 is 1.38 bits per heavy atom. The zero-order valence-corrected chi connectivity index (χ0v) is 8.91. The molecule has 1 unspecified atom stereocenters. The van der Waals surface area contributed by atoms with Crippen LogP contribution in [0, 0.1) is 0 Å². The Morgan fingerprint density at radius 2 is 2.31 bits per heavy atom. The molecule has 2 nitrogen and oxygen atoms in total. The Balaban J connectivity index is 1.64. The zero-order chi connectivity index (χ0) is 8.73. The van der Waals surface area contributed by atoms with E-state index in [0.717, 1.165) is 6.04 Å². The second-order valence-electron chi connectivity index (χ2n) is 4.57. The highest BCUT2D eigenvalue weighted by Crippen LogP contribution is 2.40. The van der Waals surface area contributed by atoms with E-state index in [-0.39, 0.29) is 0 Å². The van der Waals surface area contributed by atoms with Gasteiger partial charge in [0.05, 0.1) is 4.87 Å². The maximum atomic E-state index is 3.73. The van der Waals surface area contributed by atoms with Gasteiger partial charge >= 0.3 is 0 Å². The first-order valence-corrected chi connectivity index (χ1v) is 6.50. The second kappa shape index (κ2) is 3.14. The van der Waals surface area contributed by atoms with Crippen molar-refractivity contribution in [2.24, 2.45) is 0 Å². The van der Waals surface area contributed by atoms with E-state index < -0.39 is 0 Å². The fourth-order valence-corrected chi connectivity index (χ4v) is 3.91. The molecule has 1 N–H and O–H groups in total. The number of thioether (sulfide) groups is 1. The summed E-state index contributed by atoms with van der Waals surface area (Å²) >= 11 is 2.17. The molecule has 13 heavy (non-hydrogen) atoms. The van der Waals surface area contributed by atoms with Crippen LogP contribution in [-0.2, 0) is 0 Å². The topological polar surface area (TPSA) is 15.3 Å². The summed E-state index contributed by atoms with van der Waals surface area (Å²) < 4.78 is 0. The Morgan fingerprint density at radius 3 is 3.00 bits per heavy atom. The monoisotopic (exact) mass is 198 g/mol. The Hall–Kier alpha value is 0.270. The summed E-state index contributed by atoms with van der Waals surface area (Å²) in [6, 6.07) is 0.962. The van der Waals surface area contributed by atoms with E-state index in [9.17, 15) is 0 Å². The van der Waals surface area contributed by atoms with Gasteiger partial charge in [0, 0.05) is 19.1 Å². The van der Waals surface area contributed by atoms with E-state index in [1.165, 1.54) is 51.1 Å². The van der Waals surface area contributed by atoms with Crippen LogP contribution in [0.2, 0.25) is 0 Å². The molecule has 1 atom stereocenters. The first kappa shape index (κ1) is 8.57. The van der Waals surface area contributed by atoms with Gasteiger partial charge < -0.3 is 5.32 Å². The van der Waals surface area contributed by atoms with Gasteiger partial charge in [0.25, 0.3) is 0 Å². The van der Waals surface area contributed by atoms with Crippen LogP contribution in [0.5, 0.6) is 0 Å². The third-order valence-electron chi connectivity index (χ3n) is 3.47. The van der Waals surface area contributed by atoms with Crippen molar-refractivity contribution in [1.29, 1.82) is 0 Å². The number of hydrogen-bond acceptors (Lipinski definition) is 3. The van der Waals surface area contributed by atoms with Crippen LogP contribution >= 0.6 is 11.8 Å². The molecule has 74 valence electrons. The molecule has 3 heteroatoms. The molecule has 2 heterocycles. The molecule has 0 aromatic heterocycles. The predicted octanol–water partition coefficient (Wildman–Crippen LogP) is 1.28. The summed E-state index contributed by atoms with van der Waals surface area (Å²) in [6.07, 6.45) is 5.64. The standard InChI is InChI=1S/C10H18N2S/c1-5-11-10(13-7-1)4-6-12(8-10)9-2-3-9/h9,11H,1-8H2. The van der Waals surface area contributed by atoms with Crippen LogP contribution in [0.25, 0.3) is 0 Å². The number of nitrogens with one attached hydrogen (secondary N) is 1. The molecular formula is C10H18N2S. The molecule has 0 aromatic rings. The molecule has 2 aliphatic heterocycles. The summed E-state index contributed by atoms with van der Waals surface area (Å²) in [4.78, 5) is 3.16. The van der Waals surface area contributed by atoms with Crippen molar-refractivity contribution in [3.05, 3.63) is 0 Å². The van der Waals surface area contributed by atoms with E-state index in [1.54, 1.807) is 0 Å². The lowest BCUT2D eigenvalue weighted by atomic mass is 10.2. The number of likely N-dealkylation sites (tertiary alicyclic amines) is 1. The van der Waals surface area contributed by atoms with Gasteiger partial charge in [-0.25, -0.2) is 0 Å². The summed E-state index contributed by atoms with van der Waals surface area (Å²) in [6.45, 7) is 3.89. The van der Waals surface area contributed by atoms with Crippen molar-refractivity contribution >= 4 is 11.8 Å². The van der Waals surface area contributed by atoms with Crippen LogP contribution in [-0.4, -0.2) is 41.2 Å². The van der Waals surface area contributed by atoms with Crippen LogP contribution in [0.4, 0.5) is 0 Å². The van der Waals surface area contributed by atoms with E-state index in [0.29, 0.717) is 4.87 Å². The molecule has 1 spiro atoms. The second-order valence-corrected chi connectivity index (χ2v) is 6.05. The fourth-order valence-electron chi connectivity index (χ4n) is 2.53. The first-order valence-electron chi connectivity index (χ1n) is 5.51. The van der Waals surface area contributed by atoms with Crippen LogP contribution in [0.1, 0.15) is 25.7 Å². The summed E-state index contributed by atoms with van der Waals surface area (Å²) in [5.74, 6) is 1.37. The number of nitrogens with zero attached hydrogens (tertiary/aromatic N) is 1. The predicted molar refractivity (Wildman–Crippen MR) is 57.0 cm³/mol. The molecule has 1 saturated carbocycles. The lowest BCUT2D eigenvalue weighted by Crippen LogP contribution is -2.48. The number of rotatable bonds is 1. The highest BCUT2D eigenvalue weighted by atomic mass is 32.2. The van der Waals surface area contributed by atoms with Gasteiger partial charge in [-0.3, -0.25) is 4.90 Å². The maximum Gasteiger partial charge on any atom is 0.0786 e. The first-order chi connectivity index (χ1) is 6.38. The van der Waals surface area contributed by atoms with E-state index in [2.05, 4.69) is 22.0 Å². The van der Waals surface area contributed by atoms with Gasteiger partial charge in [0.2, 0.25) is 0 Å². The highest BCUT2D eigenvalue weighted by Gasteiger charge is 2.43. The van der Waals surface area contributed by atoms with Crippen molar-refractivity contribution in [1.82, 2.24) is 10.2 Å². The molecule has 0 amide bonds. The minimum atomic E-state index is 0.459. The van der Waals surface area contributed by atoms with E-state index >= 15 is 0 Å². The van der Waals surface area contributed by atoms with Crippen molar-refractivity contribution in [2.75, 3.05) is 25.4 Å². The average Bonchev–Trinajstić information content (AvgIpc) is 2.93. The average molecular weight is 198 g/mol. The van der Waals surface area contributed by atoms with Crippen LogP contribution in [0.3, 0.4) is 0 Å². The van der Waals surface area contributed by atoms with Crippen molar-refractivity contribution in [2.45, 2.75) is 36.6 Å². The van der Waals surface area contributed by atoms with E-state index in [1.807, 2.05) is 0 Å². The highest BCUT2D eigenvalue weighted by molar-refractivity contribution is 8.00. The third-order valence-corrected chi connectivity index (χ3v) is 4.99. The Bertz CT molecular complexity index is 197. The van der Waals surface area contributed by atoms with Gasteiger partial charge in [-0.2, -0.15) is 0 Å². The normalized spacial score (nSPS) is 41.5. The van der Waals surface area contributed by atoms with Crippen molar-refractivity contribution in [3.63, 3.8) is 0 Å². The van der Waals surface area contributed by atoms with Gasteiger partial charge in [-0.05, 0) is 38.0 Å². The minimum Gasteiger partial charge on any atom is -0.302 e. The van der Waals surface area contributed by atoms with E-state index in [4.69, 9.17) is 0 Å². The van der Waals surface area contributed by atoms with Gasteiger partial charge in [-0.15, -0.1) is 11.8 Å². The van der Waals surface area contributed by atoms with Crippen molar-refractivity contribution in [3.8, 4) is 0 Å². The summed E-state index contributed by atoms with van der Waals surface area (Å²) in [5, 5.41) is 3.73. The molecule has 1 aliphatic carbocycles. The maximum absolute atomic E-state index is 3.73. The van der Waals surface area contributed by atoms with Crippen LogP contribution < -0.4 is 5.32 Å². The van der Waals surface area contributed by atoms with Gasteiger partial charge in [0.1, 0.15) is 0 Å². The minimum absolute atomic E-state index is 0.459. The third kappa shape index (κ3) is 1.62. The smallest absolute Gasteiger partial charge is 0.0786 e.